The van der Waals surface area contributed by atoms with E-state index in [4.69, 9.17) is 4.42 Å². The summed E-state index contributed by atoms with van der Waals surface area (Å²) in [6, 6.07) is 16.4. The van der Waals surface area contributed by atoms with Gasteiger partial charge in [-0.15, -0.1) is 11.3 Å². The van der Waals surface area contributed by atoms with E-state index in [9.17, 15) is 4.79 Å². The lowest BCUT2D eigenvalue weighted by molar-refractivity contribution is 0.0951. The van der Waals surface area contributed by atoms with Gasteiger partial charge in [0, 0.05) is 13.1 Å². The normalized spacial score (nSPS) is 17.0. The first-order valence-electron chi connectivity index (χ1n) is 9.04. The van der Waals surface area contributed by atoms with E-state index in [1.165, 1.54) is 11.3 Å². The standard InChI is InChI=1S/C20H18N4O2S/c25-18(19-22-15-8-2-4-10-17(15)27-19)21-12-13-6-5-11-24(13)20-23-14-7-1-3-9-16(14)26-20/h1-4,7-10,13H,5-6,11-12H2,(H,21,25). The van der Waals surface area contributed by atoms with Crippen molar-refractivity contribution in [3.05, 3.63) is 53.5 Å². The fourth-order valence-electron chi connectivity index (χ4n) is 3.54. The molecular weight excluding hydrogens is 360 g/mol. The molecule has 4 aromatic rings. The predicted molar refractivity (Wildman–Crippen MR) is 106 cm³/mol. The van der Waals surface area contributed by atoms with E-state index < -0.39 is 0 Å². The fourth-order valence-corrected chi connectivity index (χ4v) is 4.42. The fraction of sp³-hybridized carbons (Fsp3) is 0.250. The lowest BCUT2D eigenvalue weighted by Gasteiger charge is -2.22. The molecule has 7 heteroatoms. The minimum atomic E-state index is -0.124. The number of oxazole rings is 1. The Morgan fingerprint density at radius 2 is 1.96 bits per heavy atom. The van der Waals surface area contributed by atoms with E-state index >= 15 is 0 Å². The summed E-state index contributed by atoms with van der Waals surface area (Å²) in [6.07, 6.45) is 2.05. The smallest absolute Gasteiger partial charge is 0.298 e. The number of anilines is 1. The number of hydrogen-bond donors (Lipinski definition) is 1. The van der Waals surface area contributed by atoms with Gasteiger partial charge in [0.1, 0.15) is 5.52 Å². The van der Waals surface area contributed by atoms with Crippen LogP contribution >= 0.6 is 11.3 Å². The number of carbonyl (C=O) groups is 1. The number of amides is 1. The van der Waals surface area contributed by atoms with Crippen LogP contribution < -0.4 is 10.2 Å². The molecular formula is C20H18N4O2S. The zero-order valence-electron chi connectivity index (χ0n) is 14.6. The van der Waals surface area contributed by atoms with Crippen LogP contribution in [0.2, 0.25) is 0 Å². The van der Waals surface area contributed by atoms with Crippen LogP contribution in [0, 0.1) is 0 Å². The predicted octanol–water partition coefficient (Wildman–Crippen LogP) is 3.84. The molecule has 5 rings (SSSR count). The van der Waals surface area contributed by atoms with Gasteiger partial charge in [0.25, 0.3) is 11.9 Å². The zero-order valence-corrected chi connectivity index (χ0v) is 15.4. The van der Waals surface area contributed by atoms with Crippen LogP contribution in [0.5, 0.6) is 0 Å². The average Bonchev–Trinajstić information content (AvgIpc) is 3.42. The van der Waals surface area contributed by atoms with Crippen molar-refractivity contribution in [2.45, 2.75) is 18.9 Å². The van der Waals surface area contributed by atoms with Crippen molar-refractivity contribution in [1.82, 2.24) is 15.3 Å². The van der Waals surface area contributed by atoms with Crippen molar-refractivity contribution in [2.75, 3.05) is 18.0 Å². The highest BCUT2D eigenvalue weighted by molar-refractivity contribution is 7.20. The second-order valence-electron chi connectivity index (χ2n) is 6.65. The number of nitrogens with one attached hydrogen (secondary N) is 1. The van der Waals surface area contributed by atoms with E-state index in [2.05, 4.69) is 20.2 Å². The summed E-state index contributed by atoms with van der Waals surface area (Å²) in [5.41, 5.74) is 2.51. The van der Waals surface area contributed by atoms with Gasteiger partial charge in [-0.05, 0) is 37.1 Å². The third-order valence-electron chi connectivity index (χ3n) is 4.89. The summed E-state index contributed by atoms with van der Waals surface area (Å²) in [7, 11) is 0. The molecule has 0 aliphatic carbocycles. The minimum Gasteiger partial charge on any atom is -0.423 e. The molecule has 1 unspecified atom stereocenters. The topological polar surface area (TPSA) is 71.3 Å². The van der Waals surface area contributed by atoms with Crippen molar-refractivity contribution in [1.29, 1.82) is 0 Å². The molecule has 1 aliphatic rings. The van der Waals surface area contributed by atoms with Crippen molar-refractivity contribution >= 4 is 44.6 Å². The van der Waals surface area contributed by atoms with Crippen LogP contribution in [0.15, 0.2) is 52.9 Å². The minimum absolute atomic E-state index is 0.124. The second-order valence-corrected chi connectivity index (χ2v) is 7.68. The number of nitrogens with zero attached hydrogens (tertiary/aromatic N) is 3. The molecule has 136 valence electrons. The third-order valence-corrected chi connectivity index (χ3v) is 5.93. The number of benzene rings is 2. The summed E-state index contributed by atoms with van der Waals surface area (Å²) in [4.78, 5) is 23.7. The van der Waals surface area contributed by atoms with E-state index in [0.717, 1.165) is 40.7 Å². The van der Waals surface area contributed by atoms with Gasteiger partial charge in [0.05, 0.1) is 16.3 Å². The van der Waals surface area contributed by atoms with Crippen molar-refractivity contribution in [3.63, 3.8) is 0 Å². The zero-order chi connectivity index (χ0) is 18.2. The first kappa shape index (κ1) is 16.3. The van der Waals surface area contributed by atoms with Crippen LogP contribution in [0.1, 0.15) is 22.6 Å². The van der Waals surface area contributed by atoms with Gasteiger partial charge < -0.3 is 14.6 Å². The van der Waals surface area contributed by atoms with Gasteiger partial charge in [-0.2, -0.15) is 4.98 Å². The number of carbonyl (C=O) groups excluding carboxylic acids is 1. The number of rotatable bonds is 4. The van der Waals surface area contributed by atoms with Crippen molar-refractivity contribution < 1.29 is 9.21 Å². The maximum Gasteiger partial charge on any atom is 0.298 e. The van der Waals surface area contributed by atoms with E-state index in [0.29, 0.717) is 17.6 Å². The molecule has 1 amide bonds. The van der Waals surface area contributed by atoms with E-state index in [1.807, 2.05) is 48.5 Å². The molecule has 3 heterocycles. The van der Waals surface area contributed by atoms with Crippen molar-refractivity contribution in [3.8, 4) is 0 Å². The molecule has 0 bridgehead atoms. The van der Waals surface area contributed by atoms with Gasteiger partial charge in [-0.3, -0.25) is 4.79 Å². The maximum absolute atomic E-state index is 12.5. The van der Waals surface area contributed by atoms with Crippen LogP contribution in [-0.2, 0) is 0 Å². The molecule has 1 atom stereocenters. The Kier molecular flexibility index (Phi) is 4.01. The van der Waals surface area contributed by atoms with E-state index in [1.54, 1.807) is 0 Å². The average molecular weight is 378 g/mol. The first-order chi connectivity index (χ1) is 13.3. The molecule has 0 spiro atoms. The van der Waals surface area contributed by atoms with Gasteiger partial charge >= 0.3 is 0 Å². The highest BCUT2D eigenvalue weighted by atomic mass is 32.1. The number of fused-ring (bicyclic) bond motifs is 2. The number of para-hydroxylation sites is 3. The number of hydrogen-bond acceptors (Lipinski definition) is 6. The Balaban J connectivity index is 1.30. The Morgan fingerprint density at radius 1 is 1.15 bits per heavy atom. The van der Waals surface area contributed by atoms with Crippen molar-refractivity contribution in [2.24, 2.45) is 0 Å². The molecule has 1 saturated heterocycles. The summed E-state index contributed by atoms with van der Waals surface area (Å²) >= 11 is 1.42. The molecule has 1 fully saturated rings. The summed E-state index contributed by atoms with van der Waals surface area (Å²) in [6.45, 7) is 1.43. The highest BCUT2D eigenvalue weighted by Gasteiger charge is 2.29. The molecule has 2 aromatic carbocycles. The Bertz CT molecular complexity index is 1050. The highest BCUT2D eigenvalue weighted by Crippen LogP contribution is 2.28. The second kappa shape index (κ2) is 6.66. The van der Waals surface area contributed by atoms with Gasteiger partial charge in [0.15, 0.2) is 10.6 Å². The molecule has 1 aliphatic heterocycles. The monoisotopic (exact) mass is 378 g/mol. The largest absolute Gasteiger partial charge is 0.423 e. The van der Waals surface area contributed by atoms with Crippen LogP contribution in [0.4, 0.5) is 6.01 Å². The molecule has 0 radical (unpaired) electrons. The molecule has 27 heavy (non-hydrogen) atoms. The SMILES string of the molecule is O=C(NCC1CCCN1c1nc2ccccc2o1)c1nc2ccccc2s1. The van der Waals surface area contributed by atoms with Crippen LogP contribution in [0.3, 0.4) is 0 Å². The summed E-state index contributed by atoms with van der Waals surface area (Å²) < 4.78 is 6.93. The number of thiazole rings is 1. The Labute approximate surface area is 159 Å². The van der Waals surface area contributed by atoms with Gasteiger partial charge in [-0.1, -0.05) is 24.3 Å². The van der Waals surface area contributed by atoms with E-state index in [-0.39, 0.29) is 11.9 Å². The molecule has 0 saturated carbocycles. The third kappa shape index (κ3) is 3.04. The molecule has 2 aromatic heterocycles. The lowest BCUT2D eigenvalue weighted by atomic mass is 10.2. The van der Waals surface area contributed by atoms with Crippen LogP contribution in [0.25, 0.3) is 21.3 Å². The quantitative estimate of drug-likeness (QED) is 0.584. The van der Waals surface area contributed by atoms with Crippen LogP contribution in [-0.4, -0.2) is 35.0 Å². The molecule has 1 N–H and O–H groups in total. The van der Waals surface area contributed by atoms with Gasteiger partial charge in [-0.25, -0.2) is 4.98 Å². The Morgan fingerprint density at radius 3 is 2.81 bits per heavy atom. The van der Waals surface area contributed by atoms with Gasteiger partial charge in [0.2, 0.25) is 0 Å². The Hall–Kier alpha value is -2.93. The molecule has 6 nitrogen and oxygen atoms in total. The summed E-state index contributed by atoms with van der Waals surface area (Å²) in [5, 5.41) is 3.54. The lowest BCUT2D eigenvalue weighted by Crippen LogP contribution is -2.40. The first-order valence-corrected chi connectivity index (χ1v) is 9.85. The summed E-state index contributed by atoms with van der Waals surface area (Å²) in [5.74, 6) is -0.124. The number of aromatic nitrogens is 2. The maximum atomic E-state index is 12.5.